The summed E-state index contributed by atoms with van der Waals surface area (Å²) in [4.78, 5) is 14.7. The van der Waals surface area contributed by atoms with Crippen LogP contribution in [0.1, 0.15) is 15.9 Å². The molecule has 0 atom stereocenters. The summed E-state index contributed by atoms with van der Waals surface area (Å²) in [6, 6.07) is 128. The SMILES string of the molecule is O=C1c2ccccc2S(=O)(=O)c2ccc(-c3cccc(-c4cc(-c5cccc(-n6c7ccccc7c7cc(-n8c9ccccc9c9ccccc98)ccc76)c5)c(-c5ccccc5-c5ccc6c(c5)Oc5ccccc5S6(=O)=O)cc4-c4cccc(-n5c6ccccc6c6cc(-n7c8ccccc8c8ccccc87)ccc65)c4)c3)cc21. The first-order valence-corrected chi connectivity index (χ1v) is 41.3. The Kier molecular flexibility index (Phi) is 14.5. The molecule has 0 spiro atoms. The lowest BCUT2D eigenvalue weighted by Crippen LogP contribution is -2.20. The fourth-order valence-corrected chi connectivity index (χ4v) is 21.5. The van der Waals surface area contributed by atoms with Gasteiger partial charge in [0.25, 0.3) is 0 Å². The number of fused-ring (bicyclic) bond motifs is 16. The van der Waals surface area contributed by atoms with Crippen molar-refractivity contribution in [3.05, 3.63) is 387 Å². The topological polar surface area (TPSA) is 114 Å². The number of hydrogen-bond acceptors (Lipinski definition) is 6. The quantitative estimate of drug-likeness (QED) is 0.135. The lowest BCUT2D eigenvalue weighted by Gasteiger charge is -2.23. The number of hydrogen-bond donors (Lipinski definition) is 0. The van der Waals surface area contributed by atoms with Gasteiger partial charge in [-0.25, -0.2) is 16.8 Å². The number of benzene rings is 17. The fourth-order valence-electron chi connectivity index (χ4n) is 18.4. The van der Waals surface area contributed by atoms with Crippen molar-refractivity contribution in [3.63, 3.8) is 0 Å². The first-order valence-electron chi connectivity index (χ1n) is 38.3. The molecular formula is C103H62N4O6S2. The van der Waals surface area contributed by atoms with Gasteiger partial charge in [0, 0.05) is 77.0 Å². The molecule has 0 bridgehead atoms. The van der Waals surface area contributed by atoms with Crippen LogP contribution < -0.4 is 4.74 Å². The van der Waals surface area contributed by atoms with E-state index in [9.17, 15) is 21.6 Å². The van der Waals surface area contributed by atoms with Gasteiger partial charge >= 0.3 is 0 Å². The van der Waals surface area contributed by atoms with Crippen molar-refractivity contribution in [3.8, 4) is 101 Å². The second kappa shape index (κ2) is 25.2. The second-order valence-corrected chi connectivity index (χ2v) is 33.5. The van der Waals surface area contributed by atoms with Crippen molar-refractivity contribution in [2.75, 3.05) is 0 Å². The van der Waals surface area contributed by atoms with Crippen LogP contribution >= 0.6 is 0 Å². The average Bonchev–Trinajstić information content (AvgIpc) is 1.18. The maximum atomic E-state index is 14.5. The first kappa shape index (κ1) is 66.1. The molecule has 4 aromatic heterocycles. The van der Waals surface area contributed by atoms with E-state index in [0.717, 1.165) is 150 Å². The molecule has 21 aromatic rings. The molecule has 0 saturated carbocycles. The molecule has 10 nitrogen and oxygen atoms in total. The van der Waals surface area contributed by atoms with E-state index < -0.39 is 19.7 Å². The standard InChI is InChI=1S/C103H62N4O6S2/c108-103-81-36-9-17-44-99(81)114(109,110)100-52-46-64(57-88(100)103)63-22-19-23-65(54-63)82-61-84(67-25-21-27-70(56-67)105-94-42-15-8-35-80(94)87-60-72(49-51-96(87)105)107-91-39-12-5-32-77(91)78-33-6-13-40-92(78)107)85(74-29-2-1-28-73(74)68-47-53-102-98(58-68)113-97-43-16-18-45-101(97)115(102,111)112)62-83(82)66-24-20-26-69(55-66)104-93-41-14-7-34-79(93)86-59-71(48-50-95(86)104)106-89-37-10-3-30-75(89)76-31-4-11-38-90(76)106/h1-62H. The van der Waals surface area contributed by atoms with E-state index in [1.54, 1.807) is 66.7 Å². The Morgan fingerprint density at radius 3 is 1.06 bits per heavy atom. The Morgan fingerprint density at radius 2 is 0.530 bits per heavy atom. The Bertz CT molecular complexity index is 7990. The lowest BCUT2D eigenvalue weighted by molar-refractivity contribution is 0.103. The zero-order chi connectivity index (χ0) is 76.5. The third kappa shape index (κ3) is 10.0. The van der Waals surface area contributed by atoms with E-state index in [1.807, 2.05) is 30.3 Å². The Balaban J connectivity index is 0.756. The van der Waals surface area contributed by atoms with Crippen molar-refractivity contribution in [1.29, 1.82) is 0 Å². The first-order chi connectivity index (χ1) is 56.5. The number of carbonyl (C=O) groups is 1. The smallest absolute Gasteiger partial charge is 0.213 e. The van der Waals surface area contributed by atoms with Gasteiger partial charge < -0.3 is 23.0 Å². The number of carbonyl (C=O) groups excluding carboxylic acids is 1. The highest BCUT2D eigenvalue weighted by Gasteiger charge is 2.36. The maximum Gasteiger partial charge on any atom is 0.213 e. The highest BCUT2D eigenvalue weighted by Crippen LogP contribution is 2.51. The zero-order valence-corrected chi connectivity index (χ0v) is 63.0. The van der Waals surface area contributed by atoms with Crippen LogP contribution in [0.3, 0.4) is 0 Å². The van der Waals surface area contributed by atoms with Crippen molar-refractivity contribution >= 4 is 113 Å². The zero-order valence-electron chi connectivity index (χ0n) is 61.4. The molecule has 542 valence electrons. The van der Waals surface area contributed by atoms with E-state index in [2.05, 4.69) is 291 Å². The minimum Gasteiger partial charge on any atom is -0.455 e. The molecule has 0 saturated heterocycles. The molecule has 0 fully saturated rings. The van der Waals surface area contributed by atoms with Crippen molar-refractivity contribution in [1.82, 2.24) is 18.3 Å². The molecule has 17 aromatic carbocycles. The number of ether oxygens (including phenoxy) is 1. The van der Waals surface area contributed by atoms with Gasteiger partial charge in [-0.3, -0.25) is 4.79 Å². The predicted molar refractivity (Wildman–Crippen MR) is 464 cm³/mol. The highest BCUT2D eigenvalue weighted by atomic mass is 32.2. The molecular weight excluding hydrogens is 1450 g/mol. The van der Waals surface area contributed by atoms with Crippen molar-refractivity contribution < 1.29 is 26.4 Å². The van der Waals surface area contributed by atoms with E-state index in [1.165, 1.54) is 27.6 Å². The van der Waals surface area contributed by atoms with Crippen molar-refractivity contribution in [2.24, 2.45) is 0 Å². The monoisotopic (exact) mass is 1510 g/mol. The molecule has 23 rings (SSSR count). The van der Waals surface area contributed by atoms with Crippen LogP contribution in [0.25, 0.3) is 177 Å². The van der Waals surface area contributed by atoms with Gasteiger partial charge in [-0.2, -0.15) is 0 Å². The summed E-state index contributed by atoms with van der Waals surface area (Å²) in [5.41, 5.74) is 23.2. The van der Waals surface area contributed by atoms with Crippen LogP contribution in [0.5, 0.6) is 11.5 Å². The van der Waals surface area contributed by atoms with E-state index in [0.29, 0.717) is 5.56 Å². The summed E-state index contributed by atoms with van der Waals surface area (Å²) in [6.45, 7) is 0. The fraction of sp³-hybridized carbons (Fsp3) is 0. The summed E-state index contributed by atoms with van der Waals surface area (Å²) in [5, 5.41) is 9.20. The molecule has 0 aliphatic carbocycles. The number of rotatable bonds is 10. The molecule has 0 N–H and O–H groups in total. The minimum absolute atomic E-state index is 0.00693. The number of aromatic nitrogens is 4. The summed E-state index contributed by atoms with van der Waals surface area (Å²) in [5.74, 6) is 0.158. The Labute approximate surface area is 660 Å². The predicted octanol–water partition coefficient (Wildman–Crippen LogP) is 25.4. The number of para-hydroxylation sites is 7. The number of nitrogens with zero attached hydrogens (tertiary/aromatic N) is 4. The third-order valence-electron chi connectivity index (χ3n) is 23.5. The van der Waals surface area contributed by atoms with Gasteiger partial charge in [-0.05, 0) is 231 Å². The van der Waals surface area contributed by atoms with Crippen LogP contribution in [0.2, 0.25) is 0 Å². The molecule has 0 radical (unpaired) electrons. The van der Waals surface area contributed by atoms with Crippen molar-refractivity contribution in [2.45, 2.75) is 19.6 Å². The highest BCUT2D eigenvalue weighted by molar-refractivity contribution is 7.92. The minimum atomic E-state index is -4.01. The molecule has 0 amide bonds. The average molecular weight is 1520 g/mol. The van der Waals surface area contributed by atoms with E-state index in [-0.39, 0.29) is 48.0 Å². The Hall–Kier alpha value is -14.7. The third-order valence-corrected chi connectivity index (χ3v) is 27.2. The number of sulfone groups is 2. The van der Waals surface area contributed by atoms with E-state index in [4.69, 9.17) is 4.74 Å². The van der Waals surface area contributed by atoms with Gasteiger partial charge in [-0.1, -0.05) is 212 Å². The maximum absolute atomic E-state index is 14.5. The molecule has 115 heavy (non-hydrogen) atoms. The lowest BCUT2D eigenvalue weighted by atomic mass is 9.83. The summed E-state index contributed by atoms with van der Waals surface area (Å²) < 4.78 is 73.5. The molecule has 2 aliphatic heterocycles. The largest absolute Gasteiger partial charge is 0.455 e. The van der Waals surface area contributed by atoms with Crippen LogP contribution in [0.15, 0.2) is 396 Å². The van der Waals surface area contributed by atoms with Gasteiger partial charge in [0.05, 0.1) is 53.9 Å². The van der Waals surface area contributed by atoms with Gasteiger partial charge in [0.2, 0.25) is 19.7 Å². The van der Waals surface area contributed by atoms with Crippen LogP contribution in [0, 0.1) is 0 Å². The second-order valence-electron chi connectivity index (χ2n) is 29.8. The normalized spacial score (nSPS) is 13.4. The van der Waals surface area contributed by atoms with Crippen LogP contribution in [-0.2, 0) is 19.7 Å². The summed E-state index contributed by atoms with van der Waals surface area (Å²) >= 11 is 0. The molecule has 6 heterocycles. The van der Waals surface area contributed by atoms with Gasteiger partial charge in [0.1, 0.15) is 21.3 Å². The summed E-state index contributed by atoms with van der Waals surface area (Å²) in [7, 11) is -7.95. The molecule has 0 unspecified atom stereocenters. The number of ketones is 1. The Morgan fingerprint density at radius 1 is 0.191 bits per heavy atom. The van der Waals surface area contributed by atoms with E-state index >= 15 is 0 Å². The summed E-state index contributed by atoms with van der Waals surface area (Å²) in [6.07, 6.45) is 0. The molecule has 2 aliphatic rings. The molecule has 12 heteroatoms. The van der Waals surface area contributed by atoms with Crippen LogP contribution in [-0.4, -0.2) is 40.9 Å². The van der Waals surface area contributed by atoms with Crippen LogP contribution in [0.4, 0.5) is 0 Å². The van der Waals surface area contributed by atoms with Gasteiger partial charge in [-0.15, -0.1) is 0 Å². The van der Waals surface area contributed by atoms with Gasteiger partial charge in [0.15, 0.2) is 5.78 Å².